The van der Waals surface area contributed by atoms with E-state index in [1.165, 1.54) is 17.4 Å². The number of nitrogens with zero attached hydrogens (tertiary/aromatic N) is 6. The van der Waals surface area contributed by atoms with Crippen LogP contribution < -0.4 is 21.1 Å². The molecule has 4 aromatic rings. The number of benzene rings is 2. The predicted octanol–water partition coefficient (Wildman–Crippen LogP) is 4.25. The minimum atomic E-state index is -0.438. The number of imidazole rings is 1. The van der Waals surface area contributed by atoms with Crippen LogP contribution in [0.1, 0.15) is 56.3 Å². The van der Waals surface area contributed by atoms with E-state index in [1.54, 1.807) is 13.1 Å². The zero-order chi connectivity index (χ0) is 33.4. The molecule has 246 valence electrons. The van der Waals surface area contributed by atoms with Gasteiger partial charge in [0.15, 0.2) is 5.82 Å². The van der Waals surface area contributed by atoms with Crippen LogP contribution in [0.2, 0.25) is 0 Å². The number of likely N-dealkylation sites (tertiary alicyclic amines) is 1. The number of fused-ring (bicyclic) bond motifs is 1. The van der Waals surface area contributed by atoms with E-state index in [2.05, 4.69) is 27.5 Å². The first-order chi connectivity index (χ1) is 22.5. The van der Waals surface area contributed by atoms with E-state index in [4.69, 9.17) is 4.98 Å². The van der Waals surface area contributed by atoms with Crippen molar-refractivity contribution < 1.29 is 9.59 Å². The Kier molecular flexibility index (Phi) is 9.03. The quantitative estimate of drug-likeness (QED) is 0.298. The van der Waals surface area contributed by atoms with Crippen molar-refractivity contribution >= 4 is 28.9 Å². The maximum Gasteiger partial charge on any atom is 0.291 e. The Labute approximate surface area is 275 Å². The molecule has 0 unspecified atom stereocenters. The van der Waals surface area contributed by atoms with Crippen LogP contribution >= 0.6 is 0 Å². The summed E-state index contributed by atoms with van der Waals surface area (Å²) in [6.45, 7) is 6.37. The van der Waals surface area contributed by atoms with Crippen LogP contribution in [0.4, 0.5) is 17.1 Å². The van der Waals surface area contributed by atoms with Crippen molar-refractivity contribution in [2.24, 2.45) is 14.1 Å². The maximum absolute atomic E-state index is 13.6. The number of anilines is 3. The molecule has 2 N–H and O–H groups in total. The molecule has 1 fully saturated rings. The first-order valence-electron chi connectivity index (χ1n) is 16.2. The molecule has 0 saturated carbocycles. The van der Waals surface area contributed by atoms with Crippen LogP contribution in [0.5, 0.6) is 0 Å². The summed E-state index contributed by atoms with van der Waals surface area (Å²) in [7, 11) is 9.53. The Morgan fingerprint density at radius 1 is 0.915 bits per heavy atom. The molecule has 2 aliphatic heterocycles. The number of carbonyl (C=O) groups is 2. The van der Waals surface area contributed by atoms with Crippen molar-refractivity contribution in [3.05, 3.63) is 92.9 Å². The summed E-state index contributed by atoms with van der Waals surface area (Å²) in [6.07, 6.45) is 5.01. The highest BCUT2D eigenvalue weighted by Gasteiger charge is 2.25. The fraction of sp³-hybridized carbons (Fsp3) is 0.389. The zero-order valence-electron chi connectivity index (χ0n) is 28.2. The summed E-state index contributed by atoms with van der Waals surface area (Å²) in [4.78, 5) is 51.4. The maximum atomic E-state index is 13.6. The monoisotopic (exact) mass is 636 g/mol. The SMILES string of the molecule is Cc1c(NC(=O)c2cc(CN3CCCC3)cn(C)c2=O)cccc1-c1cccc(NC(=O)c2nc3c(n2C)CCN(C)C3)c1N(C)C. The van der Waals surface area contributed by atoms with Gasteiger partial charge in [0.25, 0.3) is 17.4 Å². The average molecular weight is 637 g/mol. The Morgan fingerprint density at radius 3 is 2.32 bits per heavy atom. The van der Waals surface area contributed by atoms with Gasteiger partial charge in [-0.3, -0.25) is 19.3 Å². The number of amides is 2. The van der Waals surface area contributed by atoms with E-state index in [0.29, 0.717) is 23.7 Å². The largest absolute Gasteiger partial charge is 0.375 e. The van der Waals surface area contributed by atoms with Crippen molar-refractivity contribution in [2.75, 3.05) is 56.3 Å². The topological polar surface area (TPSA) is 108 Å². The van der Waals surface area contributed by atoms with Gasteiger partial charge in [0.05, 0.1) is 17.1 Å². The van der Waals surface area contributed by atoms with Gasteiger partial charge < -0.3 is 29.6 Å². The molecular formula is C36H44N8O3. The Bertz CT molecular complexity index is 1900. The molecule has 2 amide bonds. The summed E-state index contributed by atoms with van der Waals surface area (Å²) < 4.78 is 3.40. The van der Waals surface area contributed by atoms with Crippen molar-refractivity contribution in [3.63, 3.8) is 0 Å². The molecule has 0 aliphatic carbocycles. The molecule has 0 bridgehead atoms. The lowest BCUT2D eigenvalue weighted by atomic mass is 9.96. The van der Waals surface area contributed by atoms with Gasteiger partial charge in [0.2, 0.25) is 0 Å². The Balaban J connectivity index is 1.29. The number of hydrogen-bond donors (Lipinski definition) is 2. The third kappa shape index (κ3) is 6.45. The van der Waals surface area contributed by atoms with E-state index >= 15 is 0 Å². The van der Waals surface area contributed by atoms with Gasteiger partial charge in [-0.1, -0.05) is 24.3 Å². The van der Waals surface area contributed by atoms with Gasteiger partial charge in [-0.25, -0.2) is 4.98 Å². The molecule has 0 spiro atoms. The van der Waals surface area contributed by atoms with Crippen LogP contribution in [0.3, 0.4) is 0 Å². The summed E-state index contributed by atoms with van der Waals surface area (Å²) in [6, 6.07) is 13.3. The van der Waals surface area contributed by atoms with E-state index in [9.17, 15) is 14.4 Å². The Hall–Kier alpha value is -4.74. The number of nitrogens with one attached hydrogen (secondary N) is 2. The van der Waals surface area contributed by atoms with E-state index in [0.717, 1.165) is 71.9 Å². The lowest BCUT2D eigenvalue weighted by Crippen LogP contribution is -2.29. The van der Waals surface area contributed by atoms with Gasteiger partial charge in [-0.2, -0.15) is 0 Å². The highest BCUT2D eigenvalue weighted by Crippen LogP contribution is 2.39. The average Bonchev–Trinajstić information content (AvgIpc) is 3.66. The highest BCUT2D eigenvalue weighted by atomic mass is 16.2. The van der Waals surface area contributed by atoms with Crippen LogP contribution in [0.25, 0.3) is 11.1 Å². The minimum Gasteiger partial charge on any atom is -0.375 e. The number of carbonyl (C=O) groups excluding carboxylic acids is 2. The number of aromatic nitrogens is 3. The molecule has 6 rings (SSSR count). The highest BCUT2D eigenvalue weighted by molar-refractivity contribution is 6.07. The number of para-hydroxylation sites is 1. The van der Waals surface area contributed by atoms with Gasteiger partial charge in [-0.15, -0.1) is 0 Å². The van der Waals surface area contributed by atoms with Gasteiger partial charge >= 0.3 is 0 Å². The third-order valence-electron chi connectivity index (χ3n) is 9.34. The summed E-state index contributed by atoms with van der Waals surface area (Å²) in [5.74, 6) is -0.319. The van der Waals surface area contributed by atoms with Crippen molar-refractivity contribution in [1.29, 1.82) is 0 Å². The molecule has 1 saturated heterocycles. The molecule has 0 radical (unpaired) electrons. The molecular weight excluding hydrogens is 592 g/mol. The van der Waals surface area contributed by atoms with Gasteiger partial charge in [-0.05, 0) is 74.8 Å². The van der Waals surface area contributed by atoms with Gasteiger partial charge in [0, 0.05) is 77.4 Å². The lowest BCUT2D eigenvalue weighted by molar-refractivity contribution is 0.101. The van der Waals surface area contributed by atoms with Crippen LogP contribution in [-0.4, -0.2) is 76.5 Å². The predicted molar refractivity (Wildman–Crippen MR) is 186 cm³/mol. The summed E-state index contributed by atoms with van der Waals surface area (Å²) in [5, 5.41) is 6.13. The zero-order valence-corrected chi connectivity index (χ0v) is 28.2. The molecule has 2 aromatic carbocycles. The van der Waals surface area contributed by atoms with E-state index < -0.39 is 5.91 Å². The smallest absolute Gasteiger partial charge is 0.291 e. The molecule has 2 aliphatic rings. The van der Waals surface area contributed by atoms with Crippen LogP contribution in [0, 0.1) is 6.92 Å². The second kappa shape index (κ2) is 13.2. The molecule has 47 heavy (non-hydrogen) atoms. The summed E-state index contributed by atoms with van der Waals surface area (Å²) in [5.41, 5.74) is 7.50. The van der Waals surface area contributed by atoms with E-state index in [1.807, 2.05) is 80.1 Å². The summed E-state index contributed by atoms with van der Waals surface area (Å²) >= 11 is 0. The second-order valence-electron chi connectivity index (χ2n) is 13.0. The number of hydrogen-bond acceptors (Lipinski definition) is 7. The lowest BCUT2D eigenvalue weighted by Gasteiger charge is -2.23. The van der Waals surface area contributed by atoms with Gasteiger partial charge in [0.1, 0.15) is 5.56 Å². The number of aryl methyl sites for hydroxylation is 1. The molecule has 4 heterocycles. The third-order valence-corrected chi connectivity index (χ3v) is 9.34. The van der Waals surface area contributed by atoms with Crippen molar-refractivity contribution in [1.82, 2.24) is 23.9 Å². The molecule has 2 aromatic heterocycles. The number of likely N-dealkylation sites (N-methyl/N-ethyl adjacent to an activating group) is 1. The van der Waals surface area contributed by atoms with E-state index in [-0.39, 0.29) is 17.0 Å². The Morgan fingerprint density at radius 2 is 1.60 bits per heavy atom. The standard InChI is InChI=1S/C36H44N8O3/c1-23-25(11-9-13-28(23)38-34(45)27-19-24(20-42(5)36(27)47)21-44-16-7-8-17-44)26-12-10-14-29(32(26)40(2)3)39-35(46)33-37-30-22-41(4)18-15-31(30)43(33)6/h9-14,19-20H,7-8,15-18,21-22H2,1-6H3,(H,38,45)(H,39,46). The normalized spacial score (nSPS) is 15.0. The number of pyridine rings is 1. The first-order valence-corrected chi connectivity index (χ1v) is 16.2. The fourth-order valence-corrected chi connectivity index (χ4v) is 6.87. The minimum absolute atomic E-state index is 0.121. The van der Waals surface area contributed by atoms with Crippen molar-refractivity contribution in [2.45, 2.75) is 39.3 Å². The molecule has 11 nitrogen and oxygen atoms in total. The van der Waals surface area contributed by atoms with Crippen LogP contribution in [-0.2, 0) is 33.6 Å². The first kappa shape index (κ1) is 32.2. The molecule has 11 heteroatoms. The second-order valence-corrected chi connectivity index (χ2v) is 13.0. The molecule has 0 atom stereocenters. The number of rotatable bonds is 8. The van der Waals surface area contributed by atoms with Crippen LogP contribution in [0.15, 0.2) is 53.5 Å². The fourth-order valence-electron chi connectivity index (χ4n) is 6.87. The van der Waals surface area contributed by atoms with Crippen molar-refractivity contribution in [3.8, 4) is 11.1 Å².